The third kappa shape index (κ3) is 1.72. The van der Waals surface area contributed by atoms with Crippen LogP contribution in [0.15, 0.2) is 6.20 Å². The molecular formula is C7H10F2N2O. The highest BCUT2D eigenvalue weighted by atomic mass is 19.3. The third-order valence-electron chi connectivity index (χ3n) is 1.54. The van der Waals surface area contributed by atoms with Gasteiger partial charge in [0.25, 0.3) is 0 Å². The summed E-state index contributed by atoms with van der Waals surface area (Å²) in [5.74, 6) is 0.146. The van der Waals surface area contributed by atoms with Gasteiger partial charge in [-0.1, -0.05) is 6.92 Å². The molecule has 0 N–H and O–H groups in total. The second-order valence-corrected chi connectivity index (χ2v) is 2.33. The van der Waals surface area contributed by atoms with Crippen LogP contribution >= 0.6 is 0 Å². The van der Waals surface area contributed by atoms with Crippen LogP contribution in [0.4, 0.5) is 8.78 Å². The van der Waals surface area contributed by atoms with Crippen molar-refractivity contribution in [2.75, 3.05) is 0 Å². The molecular weight excluding hydrogens is 166 g/mol. The normalized spacial score (nSPS) is 10.8. The maximum Gasteiger partial charge on any atom is 0.388 e. The van der Waals surface area contributed by atoms with Gasteiger partial charge in [-0.3, -0.25) is 0 Å². The van der Waals surface area contributed by atoms with E-state index in [0.717, 1.165) is 0 Å². The highest BCUT2D eigenvalue weighted by molar-refractivity contribution is 5.23. The molecule has 0 aliphatic heterocycles. The average Bonchev–Trinajstić information content (AvgIpc) is 2.32. The number of hydrogen-bond acceptors (Lipinski definition) is 2. The zero-order valence-corrected chi connectivity index (χ0v) is 6.92. The van der Waals surface area contributed by atoms with E-state index in [1.165, 1.54) is 10.9 Å². The Morgan fingerprint density at radius 3 is 2.83 bits per heavy atom. The van der Waals surface area contributed by atoms with Crippen molar-refractivity contribution in [3.8, 4) is 5.88 Å². The van der Waals surface area contributed by atoms with Crippen molar-refractivity contribution in [3.63, 3.8) is 0 Å². The number of ether oxygens (including phenoxy) is 1. The molecule has 0 spiro atoms. The van der Waals surface area contributed by atoms with Crippen molar-refractivity contribution >= 4 is 0 Å². The number of rotatable bonds is 3. The molecule has 5 heteroatoms. The summed E-state index contributed by atoms with van der Waals surface area (Å²) in [4.78, 5) is 0. The van der Waals surface area contributed by atoms with Crippen LogP contribution in [0.3, 0.4) is 0 Å². The molecule has 0 saturated heterocycles. The third-order valence-corrected chi connectivity index (χ3v) is 1.54. The Morgan fingerprint density at radius 1 is 1.67 bits per heavy atom. The molecule has 12 heavy (non-hydrogen) atoms. The minimum Gasteiger partial charge on any atom is -0.417 e. The summed E-state index contributed by atoms with van der Waals surface area (Å²) in [5, 5.41) is 3.80. The number of hydrogen-bond donors (Lipinski definition) is 0. The minimum atomic E-state index is -2.79. The molecule has 0 atom stereocenters. The van der Waals surface area contributed by atoms with Crippen molar-refractivity contribution in [2.24, 2.45) is 7.05 Å². The van der Waals surface area contributed by atoms with Crippen LogP contribution in [0.2, 0.25) is 0 Å². The molecule has 1 heterocycles. The maximum atomic E-state index is 11.8. The van der Waals surface area contributed by atoms with Gasteiger partial charge in [0.2, 0.25) is 5.88 Å². The number of alkyl halides is 2. The van der Waals surface area contributed by atoms with Gasteiger partial charge in [-0.2, -0.15) is 13.9 Å². The van der Waals surface area contributed by atoms with Gasteiger partial charge in [-0.15, -0.1) is 0 Å². The molecule has 0 radical (unpaired) electrons. The van der Waals surface area contributed by atoms with Gasteiger partial charge in [-0.25, -0.2) is 4.68 Å². The van der Waals surface area contributed by atoms with Crippen LogP contribution < -0.4 is 4.74 Å². The quantitative estimate of drug-likeness (QED) is 0.699. The summed E-state index contributed by atoms with van der Waals surface area (Å²) in [6.07, 6.45) is 2.16. The molecule has 0 aliphatic carbocycles. The van der Waals surface area contributed by atoms with Crippen LogP contribution in [0, 0.1) is 0 Å². The maximum absolute atomic E-state index is 11.8. The molecule has 0 bridgehead atoms. The van der Waals surface area contributed by atoms with E-state index in [-0.39, 0.29) is 5.88 Å². The van der Waals surface area contributed by atoms with Crippen molar-refractivity contribution < 1.29 is 13.5 Å². The molecule has 1 aromatic heterocycles. The molecule has 0 aromatic carbocycles. The summed E-state index contributed by atoms with van der Waals surface area (Å²) in [5.41, 5.74) is 0.692. The number of aryl methyl sites for hydroxylation is 2. The number of nitrogens with zero attached hydrogens (tertiary/aromatic N) is 2. The summed E-state index contributed by atoms with van der Waals surface area (Å²) >= 11 is 0. The summed E-state index contributed by atoms with van der Waals surface area (Å²) in [6.45, 7) is -0.930. The standard InChI is InChI=1S/C7H10F2N2O/c1-3-5-4-10-11(2)6(5)12-7(8)9/h4,7H,3H2,1-2H3. The lowest BCUT2D eigenvalue weighted by Gasteiger charge is -2.05. The van der Waals surface area contributed by atoms with Crippen molar-refractivity contribution in [1.82, 2.24) is 9.78 Å². The lowest BCUT2D eigenvalue weighted by Crippen LogP contribution is -2.07. The fourth-order valence-corrected chi connectivity index (χ4v) is 0.951. The van der Waals surface area contributed by atoms with E-state index in [9.17, 15) is 8.78 Å². The van der Waals surface area contributed by atoms with E-state index < -0.39 is 6.61 Å². The van der Waals surface area contributed by atoms with Gasteiger partial charge < -0.3 is 4.74 Å². The molecule has 0 aliphatic rings. The monoisotopic (exact) mass is 176 g/mol. The molecule has 0 unspecified atom stereocenters. The highest BCUT2D eigenvalue weighted by Crippen LogP contribution is 2.19. The molecule has 0 amide bonds. The first kappa shape index (κ1) is 8.96. The van der Waals surface area contributed by atoms with Crippen LogP contribution in [-0.2, 0) is 13.5 Å². The Kier molecular flexibility index (Phi) is 2.62. The largest absolute Gasteiger partial charge is 0.417 e. The first-order valence-electron chi connectivity index (χ1n) is 3.60. The zero-order valence-electron chi connectivity index (χ0n) is 6.92. The van der Waals surface area contributed by atoms with E-state index >= 15 is 0 Å². The fraction of sp³-hybridized carbons (Fsp3) is 0.571. The predicted molar refractivity (Wildman–Crippen MR) is 39.2 cm³/mol. The van der Waals surface area contributed by atoms with Crippen molar-refractivity contribution in [3.05, 3.63) is 11.8 Å². The molecule has 1 aromatic rings. The van der Waals surface area contributed by atoms with E-state index in [4.69, 9.17) is 0 Å². The predicted octanol–water partition coefficient (Wildman–Crippen LogP) is 1.58. The van der Waals surface area contributed by atoms with Gasteiger partial charge in [0.15, 0.2) is 0 Å². The summed E-state index contributed by atoms with van der Waals surface area (Å²) < 4.78 is 29.2. The Morgan fingerprint density at radius 2 is 2.33 bits per heavy atom. The van der Waals surface area contributed by atoms with E-state index in [2.05, 4.69) is 9.84 Å². The van der Waals surface area contributed by atoms with Gasteiger partial charge in [0, 0.05) is 12.6 Å². The van der Waals surface area contributed by atoms with Gasteiger partial charge in [0.1, 0.15) is 0 Å². The Labute approximate surface area is 68.9 Å². The minimum absolute atomic E-state index is 0.146. The van der Waals surface area contributed by atoms with E-state index in [0.29, 0.717) is 12.0 Å². The van der Waals surface area contributed by atoms with E-state index in [1.807, 2.05) is 6.92 Å². The van der Waals surface area contributed by atoms with Crippen LogP contribution in [0.25, 0.3) is 0 Å². The molecule has 3 nitrogen and oxygen atoms in total. The van der Waals surface area contributed by atoms with Crippen LogP contribution in [-0.4, -0.2) is 16.4 Å². The molecule has 1 rings (SSSR count). The smallest absolute Gasteiger partial charge is 0.388 e. The number of aromatic nitrogens is 2. The first-order valence-corrected chi connectivity index (χ1v) is 3.60. The van der Waals surface area contributed by atoms with Crippen molar-refractivity contribution in [1.29, 1.82) is 0 Å². The first-order chi connectivity index (χ1) is 5.65. The van der Waals surface area contributed by atoms with Crippen LogP contribution in [0.1, 0.15) is 12.5 Å². The highest BCUT2D eigenvalue weighted by Gasteiger charge is 2.12. The lowest BCUT2D eigenvalue weighted by atomic mass is 10.3. The zero-order chi connectivity index (χ0) is 9.14. The topological polar surface area (TPSA) is 27.1 Å². The van der Waals surface area contributed by atoms with Gasteiger partial charge >= 0.3 is 6.61 Å². The molecule has 0 fully saturated rings. The lowest BCUT2D eigenvalue weighted by molar-refractivity contribution is -0.0558. The number of halogens is 2. The second-order valence-electron chi connectivity index (χ2n) is 2.33. The summed E-state index contributed by atoms with van der Waals surface area (Å²) in [7, 11) is 1.57. The van der Waals surface area contributed by atoms with Crippen LogP contribution in [0.5, 0.6) is 5.88 Å². The Bertz CT molecular complexity index is 260. The Balaban J connectivity index is 2.86. The second kappa shape index (κ2) is 3.51. The Hall–Kier alpha value is -1.13. The molecule has 0 saturated carbocycles. The van der Waals surface area contributed by atoms with Crippen molar-refractivity contribution in [2.45, 2.75) is 20.0 Å². The SMILES string of the molecule is CCc1cnn(C)c1OC(F)F. The van der Waals surface area contributed by atoms with E-state index in [1.54, 1.807) is 7.05 Å². The van der Waals surface area contributed by atoms with Gasteiger partial charge in [0.05, 0.1) is 6.20 Å². The average molecular weight is 176 g/mol. The molecule has 68 valence electrons. The fourth-order valence-electron chi connectivity index (χ4n) is 0.951. The van der Waals surface area contributed by atoms with Gasteiger partial charge in [-0.05, 0) is 6.42 Å². The summed E-state index contributed by atoms with van der Waals surface area (Å²) in [6, 6.07) is 0.